The first-order valence-electron chi connectivity index (χ1n) is 8.84. The molecule has 1 saturated heterocycles. The Kier molecular flexibility index (Phi) is 5.88. The minimum atomic E-state index is -0.278. The van der Waals surface area contributed by atoms with E-state index in [1.165, 1.54) is 0 Å². The molecule has 1 aromatic carbocycles. The van der Waals surface area contributed by atoms with Gasteiger partial charge >= 0.3 is 6.09 Å². The average Bonchev–Trinajstić information content (AvgIpc) is 2.68. The number of hydrogen-bond donors (Lipinski definition) is 0. The third kappa shape index (κ3) is 4.29. The van der Waals surface area contributed by atoms with Crippen LogP contribution in [0.1, 0.15) is 43.4 Å². The molecule has 1 unspecified atom stereocenters. The lowest BCUT2D eigenvalue weighted by molar-refractivity contribution is 0.0670. The molecule has 5 heteroatoms. The van der Waals surface area contributed by atoms with E-state index >= 15 is 0 Å². The smallest absolute Gasteiger partial charge is 0.410 e. The molecular formula is C20H24N2O3. The number of carbonyl (C=O) groups is 1. The van der Waals surface area contributed by atoms with Crippen molar-refractivity contribution in [2.24, 2.45) is 0 Å². The van der Waals surface area contributed by atoms with E-state index in [0.717, 1.165) is 30.4 Å². The standard InChI is InChI=1S/C20H24N2O3/c1-2-24-19-17(11-8-13-21-19)18-12-6-7-14-22(18)20(23)25-15-16-9-4-3-5-10-16/h3-5,8-11,13,18H,2,6-7,12,14-15H2,1H3. The molecule has 1 atom stereocenters. The second kappa shape index (κ2) is 8.51. The lowest BCUT2D eigenvalue weighted by Gasteiger charge is -2.35. The predicted molar refractivity (Wildman–Crippen MR) is 95.3 cm³/mol. The van der Waals surface area contributed by atoms with Gasteiger partial charge in [0.05, 0.1) is 12.6 Å². The summed E-state index contributed by atoms with van der Waals surface area (Å²) in [4.78, 5) is 18.8. The SMILES string of the molecule is CCOc1ncccc1C1CCCCN1C(=O)OCc1ccccc1. The van der Waals surface area contributed by atoms with Gasteiger partial charge in [0, 0.05) is 18.3 Å². The number of benzene rings is 1. The summed E-state index contributed by atoms with van der Waals surface area (Å²) < 4.78 is 11.2. The third-order valence-electron chi connectivity index (χ3n) is 4.38. The summed E-state index contributed by atoms with van der Waals surface area (Å²) in [5, 5.41) is 0. The van der Waals surface area contributed by atoms with E-state index in [1.807, 2.05) is 54.3 Å². The fraction of sp³-hybridized carbons (Fsp3) is 0.400. The summed E-state index contributed by atoms with van der Waals surface area (Å²) in [6.07, 6.45) is 4.40. The Bertz CT molecular complexity index is 690. The van der Waals surface area contributed by atoms with Crippen LogP contribution in [0.15, 0.2) is 48.7 Å². The zero-order valence-corrected chi connectivity index (χ0v) is 14.6. The first-order valence-corrected chi connectivity index (χ1v) is 8.84. The number of ether oxygens (including phenoxy) is 2. The van der Waals surface area contributed by atoms with Gasteiger partial charge in [0.2, 0.25) is 5.88 Å². The molecule has 3 rings (SSSR count). The van der Waals surface area contributed by atoms with Crippen molar-refractivity contribution in [2.45, 2.75) is 38.8 Å². The summed E-state index contributed by atoms with van der Waals surface area (Å²) in [6.45, 7) is 3.47. The maximum Gasteiger partial charge on any atom is 0.410 e. The van der Waals surface area contributed by atoms with Gasteiger partial charge in [0.1, 0.15) is 6.61 Å². The largest absolute Gasteiger partial charge is 0.478 e. The van der Waals surface area contributed by atoms with E-state index in [0.29, 0.717) is 19.0 Å². The molecule has 1 aliphatic heterocycles. The number of piperidine rings is 1. The van der Waals surface area contributed by atoms with Crippen molar-refractivity contribution < 1.29 is 14.3 Å². The minimum Gasteiger partial charge on any atom is -0.478 e. The van der Waals surface area contributed by atoms with Crippen molar-refractivity contribution in [2.75, 3.05) is 13.2 Å². The molecule has 1 amide bonds. The summed E-state index contributed by atoms with van der Waals surface area (Å²) in [6, 6.07) is 13.6. The molecule has 1 aromatic heterocycles. The Morgan fingerprint density at radius 3 is 2.84 bits per heavy atom. The van der Waals surface area contributed by atoms with E-state index in [1.54, 1.807) is 6.20 Å². The molecule has 1 aliphatic rings. The van der Waals surface area contributed by atoms with Gasteiger partial charge in [-0.1, -0.05) is 36.4 Å². The second-order valence-corrected chi connectivity index (χ2v) is 6.08. The summed E-state index contributed by atoms with van der Waals surface area (Å²) >= 11 is 0. The number of hydrogen-bond acceptors (Lipinski definition) is 4. The highest BCUT2D eigenvalue weighted by Gasteiger charge is 2.31. The Hall–Kier alpha value is -2.56. The van der Waals surface area contributed by atoms with Crippen LogP contribution >= 0.6 is 0 Å². The lowest BCUT2D eigenvalue weighted by Crippen LogP contribution is -2.39. The average molecular weight is 340 g/mol. The van der Waals surface area contributed by atoms with E-state index in [4.69, 9.17) is 9.47 Å². The zero-order chi connectivity index (χ0) is 17.5. The van der Waals surface area contributed by atoms with Gasteiger partial charge in [-0.25, -0.2) is 9.78 Å². The van der Waals surface area contributed by atoms with Gasteiger partial charge in [0.25, 0.3) is 0 Å². The highest BCUT2D eigenvalue weighted by molar-refractivity contribution is 5.68. The number of pyridine rings is 1. The van der Waals surface area contributed by atoms with Crippen molar-refractivity contribution in [3.05, 3.63) is 59.8 Å². The minimum absolute atomic E-state index is 0.0488. The van der Waals surface area contributed by atoms with Crippen molar-refractivity contribution in [1.29, 1.82) is 0 Å². The molecule has 0 spiro atoms. The topological polar surface area (TPSA) is 51.7 Å². The van der Waals surface area contributed by atoms with Crippen LogP contribution < -0.4 is 4.74 Å². The van der Waals surface area contributed by atoms with Gasteiger partial charge in [-0.3, -0.25) is 0 Å². The van der Waals surface area contributed by atoms with E-state index in [2.05, 4.69) is 4.98 Å². The molecule has 25 heavy (non-hydrogen) atoms. The van der Waals surface area contributed by atoms with Crippen molar-refractivity contribution in [3.63, 3.8) is 0 Å². The number of amides is 1. The number of likely N-dealkylation sites (tertiary alicyclic amines) is 1. The molecule has 5 nitrogen and oxygen atoms in total. The van der Waals surface area contributed by atoms with Crippen molar-refractivity contribution >= 4 is 6.09 Å². The normalized spacial score (nSPS) is 17.2. The zero-order valence-electron chi connectivity index (χ0n) is 14.6. The molecular weight excluding hydrogens is 316 g/mol. The molecule has 1 fully saturated rings. The predicted octanol–water partition coefficient (Wildman–Crippen LogP) is 4.34. The van der Waals surface area contributed by atoms with Gasteiger partial charge in [-0.15, -0.1) is 0 Å². The summed E-state index contributed by atoms with van der Waals surface area (Å²) in [5.74, 6) is 0.609. The van der Waals surface area contributed by atoms with E-state index < -0.39 is 0 Å². The maximum absolute atomic E-state index is 12.7. The van der Waals surface area contributed by atoms with Crippen LogP contribution in [0.4, 0.5) is 4.79 Å². The summed E-state index contributed by atoms with van der Waals surface area (Å²) in [7, 11) is 0. The van der Waals surface area contributed by atoms with Gasteiger partial charge in [-0.05, 0) is 37.8 Å². The maximum atomic E-state index is 12.7. The number of aromatic nitrogens is 1. The summed E-state index contributed by atoms with van der Waals surface area (Å²) in [5.41, 5.74) is 1.95. The van der Waals surface area contributed by atoms with Gasteiger partial charge in [-0.2, -0.15) is 0 Å². The number of carbonyl (C=O) groups excluding carboxylic acids is 1. The first kappa shape index (κ1) is 17.3. The van der Waals surface area contributed by atoms with Crippen LogP contribution in [0.5, 0.6) is 5.88 Å². The molecule has 2 aromatic rings. The van der Waals surface area contributed by atoms with Gasteiger partial charge in [0.15, 0.2) is 0 Å². The fourth-order valence-electron chi connectivity index (χ4n) is 3.19. The fourth-order valence-corrected chi connectivity index (χ4v) is 3.19. The number of nitrogens with zero attached hydrogens (tertiary/aromatic N) is 2. The monoisotopic (exact) mass is 340 g/mol. The molecule has 0 aliphatic carbocycles. The molecule has 132 valence electrons. The van der Waals surface area contributed by atoms with Crippen molar-refractivity contribution in [1.82, 2.24) is 9.88 Å². The number of rotatable bonds is 5. The second-order valence-electron chi connectivity index (χ2n) is 6.08. The quantitative estimate of drug-likeness (QED) is 0.812. The van der Waals surface area contributed by atoms with Crippen LogP contribution in [0.25, 0.3) is 0 Å². The van der Waals surface area contributed by atoms with E-state index in [9.17, 15) is 4.79 Å². The van der Waals surface area contributed by atoms with Crippen molar-refractivity contribution in [3.8, 4) is 5.88 Å². The van der Waals surface area contributed by atoms with Crippen LogP contribution in [0, 0.1) is 0 Å². The first-order chi connectivity index (χ1) is 12.3. The van der Waals surface area contributed by atoms with Gasteiger partial charge < -0.3 is 14.4 Å². The van der Waals surface area contributed by atoms with Crippen LogP contribution in [-0.4, -0.2) is 29.1 Å². The highest BCUT2D eigenvalue weighted by Crippen LogP contribution is 2.35. The Balaban J connectivity index is 1.73. The van der Waals surface area contributed by atoms with Crippen LogP contribution in [0.3, 0.4) is 0 Å². The molecule has 0 saturated carbocycles. The Morgan fingerprint density at radius 2 is 2.04 bits per heavy atom. The lowest BCUT2D eigenvalue weighted by atomic mass is 9.96. The molecule has 0 N–H and O–H groups in total. The van der Waals surface area contributed by atoms with Crippen LogP contribution in [0.2, 0.25) is 0 Å². The highest BCUT2D eigenvalue weighted by atomic mass is 16.6. The van der Waals surface area contributed by atoms with Crippen LogP contribution in [-0.2, 0) is 11.3 Å². The molecule has 2 heterocycles. The Labute approximate surface area is 148 Å². The Morgan fingerprint density at radius 1 is 1.20 bits per heavy atom. The van der Waals surface area contributed by atoms with E-state index in [-0.39, 0.29) is 18.7 Å². The molecule has 0 bridgehead atoms. The third-order valence-corrected chi connectivity index (χ3v) is 4.38. The molecule has 0 radical (unpaired) electrons.